The summed E-state index contributed by atoms with van der Waals surface area (Å²) in [6, 6.07) is 4.17. The molecule has 0 unspecified atom stereocenters. The van der Waals surface area contributed by atoms with Gasteiger partial charge in [0, 0.05) is 25.7 Å². The number of ether oxygens (including phenoxy) is 1. The molecule has 1 fully saturated rings. The first kappa shape index (κ1) is 17.5. The van der Waals surface area contributed by atoms with Crippen molar-refractivity contribution in [2.24, 2.45) is 5.92 Å². The monoisotopic (exact) mass is 337 g/mol. The van der Waals surface area contributed by atoms with Gasteiger partial charge in [-0.3, -0.25) is 14.9 Å². The zero-order valence-electron chi connectivity index (χ0n) is 13.2. The van der Waals surface area contributed by atoms with Crippen LogP contribution in [0.5, 0.6) is 5.75 Å². The van der Waals surface area contributed by atoms with E-state index in [2.05, 4.69) is 5.32 Å². The summed E-state index contributed by atoms with van der Waals surface area (Å²) in [5, 5.41) is 22.6. The predicted molar refractivity (Wildman–Crippen MR) is 83.8 cm³/mol. The highest BCUT2D eigenvalue weighted by Crippen LogP contribution is 2.27. The number of nitro groups is 1. The maximum absolute atomic E-state index is 12.1. The molecule has 2 amide bonds. The van der Waals surface area contributed by atoms with Crippen LogP contribution >= 0.6 is 0 Å². The average Bonchev–Trinajstić information content (AvgIpc) is 2.59. The van der Waals surface area contributed by atoms with E-state index in [9.17, 15) is 19.7 Å². The molecule has 0 radical (unpaired) electrons. The number of hydrogen-bond donors (Lipinski definition) is 2. The van der Waals surface area contributed by atoms with Crippen LogP contribution in [0.25, 0.3) is 0 Å². The molecule has 0 aliphatic carbocycles. The highest BCUT2D eigenvalue weighted by Gasteiger charge is 2.26. The summed E-state index contributed by atoms with van der Waals surface area (Å²) >= 11 is 0. The second-order valence-corrected chi connectivity index (χ2v) is 5.52. The van der Waals surface area contributed by atoms with Gasteiger partial charge in [-0.2, -0.15) is 0 Å². The van der Waals surface area contributed by atoms with Gasteiger partial charge in [0.25, 0.3) is 0 Å². The standard InChI is InChI=1S/C15H19N3O6/c1-24-13-3-2-10(8-12(13)18(22)23)9-16-15(21)17-6-4-11(5-7-17)14(19)20/h2-3,8,11H,4-7,9H2,1H3,(H,16,21)(H,19,20). The summed E-state index contributed by atoms with van der Waals surface area (Å²) in [6.45, 7) is 0.902. The van der Waals surface area contributed by atoms with Crippen molar-refractivity contribution in [1.82, 2.24) is 10.2 Å². The SMILES string of the molecule is COc1ccc(CNC(=O)N2CCC(C(=O)O)CC2)cc1[N+](=O)[O-]. The number of carboxylic acid groups (broad SMARTS) is 1. The Bertz CT molecular complexity index is 640. The van der Waals surface area contributed by atoms with E-state index in [1.807, 2.05) is 0 Å². The lowest BCUT2D eigenvalue weighted by atomic mass is 9.97. The molecule has 9 heteroatoms. The molecule has 1 saturated heterocycles. The number of rotatable bonds is 5. The van der Waals surface area contributed by atoms with Gasteiger partial charge in [-0.1, -0.05) is 6.07 Å². The molecule has 0 aromatic heterocycles. The molecule has 24 heavy (non-hydrogen) atoms. The predicted octanol–water partition coefficient (Wildman–Crippen LogP) is 1.61. The van der Waals surface area contributed by atoms with Crippen molar-refractivity contribution in [2.75, 3.05) is 20.2 Å². The van der Waals surface area contributed by atoms with Gasteiger partial charge >= 0.3 is 17.7 Å². The highest BCUT2D eigenvalue weighted by molar-refractivity contribution is 5.75. The van der Waals surface area contributed by atoms with E-state index in [1.54, 1.807) is 11.0 Å². The lowest BCUT2D eigenvalue weighted by molar-refractivity contribution is -0.385. The number of benzene rings is 1. The number of carboxylic acids is 1. The minimum atomic E-state index is -0.833. The van der Waals surface area contributed by atoms with E-state index in [0.29, 0.717) is 31.5 Å². The Hall–Kier alpha value is -2.84. The Labute approximate surface area is 138 Å². The van der Waals surface area contributed by atoms with E-state index in [0.717, 1.165) is 0 Å². The zero-order chi connectivity index (χ0) is 17.7. The molecule has 0 saturated carbocycles. The summed E-state index contributed by atoms with van der Waals surface area (Å²) in [5.41, 5.74) is 0.419. The Morgan fingerprint density at radius 1 is 1.42 bits per heavy atom. The van der Waals surface area contributed by atoms with Crippen LogP contribution in [0.4, 0.5) is 10.5 Å². The van der Waals surface area contributed by atoms with Crippen molar-refractivity contribution < 1.29 is 24.4 Å². The topological polar surface area (TPSA) is 122 Å². The van der Waals surface area contributed by atoms with Crippen LogP contribution in [-0.2, 0) is 11.3 Å². The molecule has 2 rings (SSSR count). The maximum Gasteiger partial charge on any atom is 0.317 e. The first-order valence-corrected chi connectivity index (χ1v) is 7.49. The van der Waals surface area contributed by atoms with Crippen molar-refractivity contribution in [1.29, 1.82) is 0 Å². The molecular formula is C15H19N3O6. The van der Waals surface area contributed by atoms with Crippen molar-refractivity contribution >= 4 is 17.7 Å². The second-order valence-electron chi connectivity index (χ2n) is 5.52. The van der Waals surface area contributed by atoms with Gasteiger partial charge in [0.15, 0.2) is 5.75 Å². The number of amides is 2. The van der Waals surface area contributed by atoms with E-state index >= 15 is 0 Å². The number of aliphatic carboxylic acids is 1. The van der Waals surface area contributed by atoms with Crippen molar-refractivity contribution in [2.45, 2.75) is 19.4 Å². The summed E-state index contributed by atoms with van der Waals surface area (Å²) in [4.78, 5) is 35.0. The molecule has 1 aromatic carbocycles. The van der Waals surface area contributed by atoms with Gasteiger partial charge in [0.05, 0.1) is 18.0 Å². The molecule has 130 valence electrons. The van der Waals surface area contributed by atoms with Crippen LogP contribution in [0.2, 0.25) is 0 Å². The summed E-state index contributed by atoms with van der Waals surface area (Å²) in [5.74, 6) is -1.08. The van der Waals surface area contributed by atoms with Crippen LogP contribution in [0, 0.1) is 16.0 Å². The summed E-state index contributed by atoms with van der Waals surface area (Å²) in [7, 11) is 1.35. The number of piperidine rings is 1. The Kier molecular flexibility index (Phi) is 5.56. The second kappa shape index (κ2) is 7.62. The van der Waals surface area contributed by atoms with Crippen LogP contribution in [0.15, 0.2) is 18.2 Å². The number of urea groups is 1. The van der Waals surface area contributed by atoms with E-state index in [1.165, 1.54) is 19.2 Å². The number of nitrogens with zero attached hydrogens (tertiary/aromatic N) is 2. The number of methoxy groups -OCH3 is 1. The van der Waals surface area contributed by atoms with Crippen LogP contribution in [0.1, 0.15) is 18.4 Å². The molecule has 1 heterocycles. The number of carbonyl (C=O) groups is 2. The Balaban J connectivity index is 1.91. The first-order chi connectivity index (χ1) is 11.4. The molecule has 0 atom stereocenters. The molecular weight excluding hydrogens is 318 g/mol. The van der Waals surface area contributed by atoms with Gasteiger partial charge in [-0.05, 0) is 24.5 Å². The Morgan fingerprint density at radius 3 is 2.62 bits per heavy atom. The number of likely N-dealkylation sites (tertiary alicyclic amines) is 1. The fourth-order valence-electron chi connectivity index (χ4n) is 2.61. The van der Waals surface area contributed by atoms with Crippen molar-refractivity contribution in [3.63, 3.8) is 0 Å². The first-order valence-electron chi connectivity index (χ1n) is 7.49. The Morgan fingerprint density at radius 2 is 2.08 bits per heavy atom. The minimum Gasteiger partial charge on any atom is -0.490 e. The van der Waals surface area contributed by atoms with Crippen molar-refractivity contribution in [3.8, 4) is 5.75 Å². The van der Waals surface area contributed by atoms with Gasteiger partial charge in [-0.15, -0.1) is 0 Å². The maximum atomic E-state index is 12.1. The number of nitro benzene ring substituents is 1. The van der Waals surface area contributed by atoms with E-state index < -0.39 is 16.8 Å². The third-order valence-corrected chi connectivity index (χ3v) is 4.02. The van der Waals surface area contributed by atoms with Crippen LogP contribution < -0.4 is 10.1 Å². The smallest absolute Gasteiger partial charge is 0.317 e. The van der Waals surface area contributed by atoms with Crippen LogP contribution in [-0.4, -0.2) is 47.1 Å². The average molecular weight is 337 g/mol. The molecule has 1 aromatic rings. The largest absolute Gasteiger partial charge is 0.490 e. The van der Waals surface area contributed by atoms with Gasteiger partial charge in [0.2, 0.25) is 0 Å². The molecule has 0 spiro atoms. The number of nitrogens with one attached hydrogen (secondary N) is 1. The molecule has 9 nitrogen and oxygen atoms in total. The summed E-state index contributed by atoms with van der Waals surface area (Å²) < 4.78 is 4.93. The number of hydrogen-bond acceptors (Lipinski definition) is 5. The van der Waals surface area contributed by atoms with E-state index in [4.69, 9.17) is 9.84 Å². The normalized spacial score (nSPS) is 15.0. The fourth-order valence-corrected chi connectivity index (χ4v) is 2.61. The lowest BCUT2D eigenvalue weighted by Crippen LogP contribution is -2.45. The van der Waals surface area contributed by atoms with Crippen LogP contribution in [0.3, 0.4) is 0 Å². The minimum absolute atomic E-state index is 0.141. The van der Waals surface area contributed by atoms with E-state index in [-0.39, 0.29) is 24.0 Å². The molecule has 1 aliphatic heterocycles. The quantitative estimate of drug-likeness (QED) is 0.622. The third-order valence-electron chi connectivity index (χ3n) is 4.02. The van der Waals surface area contributed by atoms with Gasteiger partial charge < -0.3 is 20.1 Å². The third kappa shape index (κ3) is 4.12. The fraction of sp³-hybridized carbons (Fsp3) is 0.467. The summed E-state index contributed by atoms with van der Waals surface area (Å²) in [6.07, 6.45) is 0.855. The lowest BCUT2D eigenvalue weighted by Gasteiger charge is -2.30. The van der Waals surface area contributed by atoms with Gasteiger partial charge in [-0.25, -0.2) is 4.79 Å². The van der Waals surface area contributed by atoms with Crippen molar-refractivity contribution in [3.05, 3.63) is 33.9 Å². The molecule has 2 N–H and O–H groups in total. The zero-order valence-corrected chi connectivity index (χ0v) is 13.2. The molecule has 1 aliphatic rings. The van der Waals surface area contributed by atoms with Gasteiger partial charge in [0.1, 0.15) is 0 Å². The highest BCUT2D eigenvalue weighted by atomic mass is 16.6. The molecule has 0 bridgehead atoms. The number of carbonyl (C=O) groups excluding carboxylic acids is 1.